The van der Waals surface area contributed by atoms with Crippen molar-refractivity contribution in [3.63, 3.8) is 0 Å². The van der Waals surface area contributed by atoms with Crippen molar-refractivity contribution in [1.82, 2.24) is 0 Å². The first-order valence-corrected chi connectivity index (χ1v) is 7.68. The molecule has 1 heterocycles. The fraction of sp³-hybridized carbons (Fsp3) is 0.571. The number of nitro benzene ring substituents is 1. The van der Waals surface area contributed by atoms with Crippen LogP contribution in [-0.2, 0) is 6.61 Å². The summed E-state index contributed by atoms with van der Waals surface area (Å²) in [6.45, 7) is 6.05. The summed E-state index contributed by atoms with van der Waals surface area (Å²) in [6, 6.07) is 5.01. The lowest BCUT2D eigenvalue weighted by atomic mass is 10.1. The number of aliphatic hydroxyl groups is 1. The lowest BCUT2D eigenvalue weighted by Crippen LogP contribution is -2.27. The van der Waals surface area contributed by atoms with Crippen molar-refractivity contribution < 1.29 is 10.0 Å². The molecule has 1 aliphatic rings. The molecule has 0 radical (unpaired) electrons. The van der Waals surface area contributed by atoms with Crippen LogP contribution in [0, 0.1) is 10.1 Å². The average Bonchev–Trinajstić information content (AvgIpc) is 2.59. The Morgan fingerprint density at radius 2 is 2.20 bits per heavy atom. The molecule has 5 nitrogen and oxygen atoms in total. The molecule has 0 amide bonds. The van der Waals surface area contributed by atoms with Crippen LogP contribution in [0.4, 0.5) is 11.4 Å². The van der Waals surface area contributed by atoms with E-state index in [0.29, 0.717) is 5.56 Å². The van der Waals surface area contributed by atoms with E-state index < -0.39 is 4.92 Å². The van der Waals surface area contributed by atoms with Gasteiger partial charge < -0.3 is 10.0 Å². The lowest BCUT2D eigenvalue weighted by Gasteiger charge is -2.24. The van der Waals surface area contributed by atoms with Crippen LogP contribution >= 0.6 is 11.8 Å². The quantitative estimate of drug-likeness (QED) is 0.686. The van der Waals surface area contributed by atoms with Gasteiger partial charge in [-0.15, -0.1) is 0 Å². The molecule has 1 aliphatic heterocycles. The minimum absolute atomic E-state index is 0.0132. The zero-order valence-electron chi connectivity index (χ0n) is 11.8. The van der Waals surface area contributed by atoms with Gasteiger partial charge in [0.25, 0.3) is 5.69 Å². The summed E-state index contributed by atoms with van der Waals surface area (Å²) in [5.41, 5.74) is 1.32. The van der Waals surface area contributed by atoms with E-state index in [1.807, 2.05) is 11.8 Å². The van der Waals surface area contributed by atoms with Crippen molar-refractivity contribution in [2.24, 2.45) is 0 Å². The summed E-state index contributed by atoms with van der Waals surface area (Å²) in [7, 11) is 0. The molecule has 0 aliphatic carbocycles. The summed E-state index contributed by atoms with van der Waals surface area (Å²) in [5.74, 6) is 1.04. The first-order valence-electron chi connectivity index (χ1n) is 6.70. The third kappa shape index (κ3) is 3.43. The Kier molecular flexibility index (Phi) is 4.55. The normalized spacial score (nSPS) is 18.6. The van der Waals surface area contributed by atoms with Gasteiger partial charge in [0.15, 0.2) is 0 Å². The third-order valence-electron chi connectivity index (χ3n) is 3.63. The molecule has 2 rings (SSSR count). The van der Waals surface area contributed by atoms with Gasteiger partial charge >= 0.3 is 0 Å². The first-order chi connectivity index (χ1) is 9.43. The second-order valence-electron chi connectivity index (χ2n) is 5.57. The Hall–Kier alpha value is -1.27. The van der Waals surface area contributed by atoms with Gasteiger partial charge in [-0.05, 0) is 18.6 Å². The number of benzene rings is 1. The van der Waals surface area contributed by atoms with Crippen LogP contribution < -0.4 is 4.90 Å². The third-order valence-corrected chi connectivity index (χ3v) is 5.01. The molecule has 1 fully saturated rings. The van der Waals surface area contributed by atoms with Crippen molar-refractivity contribution in [3.8, 4) is 0 Å². The number of hydrogen-bond acceptors (Lipinski definition) is 5. The van der Waals surface area contributed by atoms with E-state index in [4.69, 9.17) is 0 Å². The zero-order valence-corrected chi connectivity index (χ0v) is 12.7. The summed E-state index contributed by atoms with van der Waals surface area (Å²) in [6.07, 6.45) is 1.07. The predicted octanol–water partition coefficient (Wildman–Crippen LogP) is 2.81. The van der Waals surface area contributed by atoms with E-state index in [1.54, 1.807) is 12.1 Å². The molecule has 1 saturated heterocycles. The van der Waals surface area contributed by atoms with E-state index in [-0.39, 0.29) is 17.0 Å². The van der Waals surface area contributed by atoms with Gasteiger partial charge in [0, 0.05) is 35.3 Å². The van der Waals surface area contributed by atoms with Crippen LogP contribution in [0.3, 0.4) is 0 Å². The number of anilines is 1. The maximum Gasteiger partial charge on any atom is 0.275 e. The van der Waals surface area contributed by atoms with E-state index in [9.17, 15) is 15.2 Å². The Morgan fingerprint density at radius 3 is 2.85 bits per heavy atom. The monoisotopic (exact) mass is 296 g/mol. The van der Waals surface area contributed by atoms with Crippen LogP contribution in [0.5, 0.6) is 0 Å². The van der Waals surface area contributed by atoms with Gasteiger partial charge in [0.1, 0.15) is 0 Å². The summed E-state index contributed by atoms with van der Waals surface area (Å²) in [5, 5.41) is 20.2. The number of hydrogen-bond donors (Lipinski definition) is 1. The van der Waals surface area contributed by atoms with Crippen molar-refractivity contribution in [2.75, 3.05) is 23.7 Å². The highest BCUT2D eigenvalue weighted by Crippen LogP contribution is 2.33. The van der Waals surface area contributed by atoms with Crippen LogP contribution in [-0.4, -0.2) is 33.6 Å². The van der Waals surface area contributed by atoms with Crippen molar-refractivity contribution in [2.45, 2.75) is 31.6 Å². The molecular formula is C14H20N2O3S. The van der Waals surface area contributed by atoms with Crippen LogP contribution in [0.2, 0.25) is 0 Å². The fourth-order valence-corrected chi connectivity index (χ4v) is 3.45. The van der Waals surface area contributed by atoms with Crippen molar-refractivity contribution in [1.29, 1.82) is 0 Å². The zero-order chi connectivity index (χ0) is 14.8. The minimum atomic E-state index is -0.448. The van der Waals surface area contributed by atoms with Gasteiger partial charge in [0.05, 0.1) is 17.1 Å². The van der Waals surface area contributed by atoms with Gasteiger partial charge in [-0.25, -0.2) is 0 Å². The van der Waals surface area contributed by atoms with Crippen molar-refractivity contribution in [3.05, 3.63) is 33.9 Å². The van der Waals surface area contributed by atoms with Crippen LogP contribution in [0.1, 0.15) is 25.8 Å². The maximum absolute atomic E-state index is 10.9. The molecular weight excluding hydrogens is 276 g/mol. The van der Waals surface area contributed by atoms with Crippen LogP contribution in [0.15, 0.2) is 18.2 Å². The summed E-state index contributed by atoms with van der Waals surface area (Å²) in [4.78, 5) is 12.7. The average molecular weight is 296 g/mol. The molecule has 0 saturated carbocycles. The van der Waals surface area contributed by atoms with E-state index in [2.05, 4.69) is 18.7 Å². The molecule has 0 aromatic heterocycles. The summed E-state index contributed by atoms with van der Waals surface area (Å²) >= 11 is 1.96. The second kappa shape index (κ2) is 6.01. The highest BCUT2D eigenvalue weighted by atomic mass is 32.2. The molecule has 6 heteroatoms. The van der Waals surface area contributed by atoms with Gasteiger partial charge in [-0.3, -0.25) is 10.1 Å². The van der Waals surface area contributed by atoms with E-state index >= 15 is 0 Å². The Labute approximate surface area is 123 Å². The van der Waals surface area contributed by atoms with Gasteiger partial charge in [0.2, 0.25) is 0 Å². The van der Waals surface area contributed by atoms with E-state index in [0.717, 1.165) is 31.0 Å². The molecule has 0 unspecified atom stereocenters. The standard InChI is InChI=1S/C14H20N2O3S/c1-14(2)5-6-15(7-8-20-14)12-3-4-13(16(18)19)11(9-12)10-17/h3-4,9,17H,5-8,10H2,1-2H3. The number of rotatable bonds is 3. The van der Waals surface area contributed by atoms with Crippen molar-refractivity contribution >= 4 is 23.1 Å². The van der Waals surface area contributed by atoms with Gasteiger partial charge in [-0.1, -0.05) is 13.8 Å². The number of nitrogens with zero attached hydrogens (tertiary/aromatic N) is 2. The Morgan fingerprint density at radius 1 is 1.45 bits per heavy atom. The minimum Gasteiger partial charge on any atom is -0.391 e. The number of thioether (sulfide) groups is 1. The van der Waals surface area contributed by atoms with Gasteiger partial charge in [-0.2, -0.15) is 11.8 Å². The lowest BCUT2D eigenvalue weighted by molar-refractivity contribution is -0.385. The predicted molar refractivity (Wildman–Crippen MR) is 82.4 cm³/mol. The fourth-order valence-electron chi connectivity index (χ4n) is 2.35. The highest BCUT2D eigenvalue weighted by Gasteiger charge is 2.24. The largest absolute Gasteiger partial charge is 0.391 e. The topological polar surface area (TPSA) is 66.6 Å². The molecule has 110 valence electrons. The SMILES string of the molecule is CC1(C)CCN(c2ccc([N+](=O)[O-])c(CO)c2)CCS1. The molecule has 1 aromatic carbocycles. The smallest absolute Gasteiger partial charge is 0.275 e. The highest BCUT2D eigenvalue weighted by molar-refractivity contribution is 8.00. The second-order valence-corrected chi connectivity index (χ2v) is 7.38. The van der Waals surface area contributed by atoms with E-state index in [1.165, 1.54) is 6.07 Å². The number of nitro groups is 1. The van der Waals surface area contributed by atoms with Crippen LogP contribution in [0.25, 0.3) is 0 Å². The molecule has 0 spiro atoms. The number of aliphatic hydroxyl groups excluding tert-OH is 1. The molecule has 0 bridgehead atoms. The Balaban J connectivity index is 2.22. The Bertz CT molecular complexity index is 505. The molecule has 20 heavy (non-hydrogen) atoms. The first kappa shape index (κ1) is 15.1. The molecule has 1 aromatic rings. The molecule has 1 N–H and O–H groups in total. The molecule has 0 atom stereocenters. The summed E-state index contributed by atoms with van der Waals surface area (Å²) < 4.78 is 0.273. The maximum atomic E-state index is 10.9.